The zero-order valence-electron chi connectivity index (χ0n) is 9.44. The highest BCUT2D eigenvalue weighted by atomic mass is 19.4. The summed E-state index contributed by atoms with van der Waals surface area (Å²) in [5.41, 5.74) is -0.631. The standard InChI is InChI=1S/C11H9F3O5/c12-11(13,14)5-6-18-19-10(17)8-4-2-1-3-7(8)9(15)16/h1-4H,5-6H2,(H,15,16). The Morgan fingerprint density at radius 1 is 1.16 bits per heavy atom. The zero-order valence-corrected chi connectivity index (χ0v) is 9.44. The Morgan fingerprint density at radius 2 is 1.74 bits per heavy atom. The van der Waals surface area contributed by atoms with Crippen molar-refractivity contribution in [2.75, 3.05) is 6.61 Å². The molecule has 0 aromatic heterocycles. The minimum Gasteiger partial charge on any atom is -0.478 e. The van der Waals surface area contributed by atoms with E-state index in [1.54, 1.807) is 0 Å². The molecule has 1 aromatic carbocycles. The molecule has 0 amide bonds. The van der Waals surface area contributed by atoms with E-state index in [4.69, 9.17) is 5.11 Å². The Bertz CT molecular complexity index is 470. The highest BCUT2D eigenvalue weighted by molar-refractivity contribution is 6.02. The van der Waals surface area contributed by atoms with Crippen molar-refractivity contribution in [3.8, 4) is 0 Å². The number of hydrogen-bond donors (Lipinski definition) is 1. The van der Waals surface area contributed by atoms with Crippen LogP contribution in [-0.2, 0) is 9.78 Å². The predicted octanol–water partition coefficient (Wildman–Crippen LogP) is 2.43. The fourth-order valence-corrected chi connectivity index (χ4v) is 1.15. The third kappa shape index (κ3) is 4.96. The second-order valence-corrected chi connectivity index (χ2v) is 3.41. The first-order chi connectivity index (χ1) is 8.81. The number of carboxylic acid groups (broad SMARTS) is 1. The van der Waals surface area contributed by atoms with Crippen LogP contribution in [0.1, 0.15) is 27.1 Å². The van der Waals surface area contributed by atoms with Crippen LogP contribution in [-0.4, -0.2) is 29.8 Å². The average Bonchev–Trinajstić information content (AvgIpc) is 2.33. The van der Waals surface area contributed by atoms with Gasteiger partial charge in [0.15, 0.2) is 0 Å². The number of alkyl halides is 3. The van der Waals surface area contributed by atoms with Gasteiger partial charge in [-0.2, -0.15) is 18.1 Å². The quantitative estimate of drug-likeness (QED) is 0.508. The average molecular weight is 278 g/mol. The fourth-order valence-electron chi connectivity index (χ4n) is 1.15. The van der Waals surface area contributed by atoms with Crippen molar-refractivity contribution in [3.05, 3.63) is 35.4 Å². The van der Waals surface area contributed by atoms with Gasteiger partial charge in [0.25, 0.3) is 0 Å². The molecular formula is C11H9F3O5. The zero-order chi connectivity index (χ0) is 14.5. The van der Waals surface area contributed by atoms with Crippen molar-refractivity contribution in [1.29, 1.82) is 0 Å². The van der Waals surface area contributed by atoms with Gasteiger partial charge in [0.05, 0.1) is 17.5 Å². The Morgan fingerprint density at radius 3 is 2.26 bits per heavy atom. The number of halogens is 3. The molecule has 1 rings (SSSR count). The van der Waals surface area contributed by atoms with Gasteiger partial charge in [-0.1, -0.05) is 12.1 Å². The lowest BCUT2D eigenvalue weighted by molar-refractivity contribution is -0.258. The first-order valence-electron chi connectivity index (χ1n) is 5.04. The van der Waals surface area contributed by atoms with Gasteiger partial charge in [-0.25, -0.2) is 9.59 Å². The normalized spacial score (nSPS) is 11.1. The molecule has 0 aliphatic rings. The smallest absolute Gasteiger partial charge is 0.391 e. The number of carbonyl (C=O) groups excluding carboxylic acids is 1. The van der Waals surface area contributed by atoms with Crippen molar-refractivity contribution < 1.29 is 37.6 Å². The summed E-state index contributed by atoms with van der Waals surface area (Å²) in [6.07, 6.45) is -5.70. The van der Waals surface area contributed by atoms with Gasteiger partial charge >= 0.3 is 18.1 Å². The minimum absolute atomic E-state index is 0.304. The number of rotatable bonds is 5. The van der Waals surface area contributed by atoms with Crippen LogP contribution >= 0.6 is 0 Å². The van der Waals surface area contributed by atoms with Crippen LogP contribution in [0.5, 0.6) is 0 Å². The predicted molar refractivity (Wildman–Crippen MR) is 55.4 cm³/mol. The Balaban J connectivity index is 2.57. The third-order valence-corrected chi connectivity index (χ3v) is 1.98. The second kappa shape index (κ2) is 6.19. The summed E-state index contributed by atoms with van der Waals surface area (Å²) >= 11 is 0. The number of hydrogen-bond acceptors (Lipinski definition) is 4. The lowest BCUT2D eigenvalue weighted by Gasteiger charge is -2.07. The maximum absolute atomic E-state index is 11.8. The van der Waals surface area contributed by atoms with Crippen LogP contribution in [0, 0.1) is 0 Å². The topological polar surface area (TPSA) is 72.8 Å². The Labute approximate surface area is 105 Å². The number of benzene rings is 1. The molecule has 5 nitrogen and oxygen atoms in total. The molecule has 8 heteroatoms. The highest BCUT2D eigenvalue weighted by Gasteiger charge is 2.27. The van der Waals surface area contributed by atoms with E-state index in [9.17, 15) is 22.8 Å². The van der Waals surface area contributed by atoms with E-state index < -0.39 is 31.1 Å². The van der Waals surface area contributed by atoms with Crippen LogP contribution in [0.25, 0.3) is 0 Å². The summed E-state index contributed by atoms with van der Waals surface area (Å²) < 4.78 is 35.3. The van der Waals surface area contributed by atoms with E-state index in [-0.39, 0.29) is 11.1 Å². The van der Waals surface area contributed by atoms with Gasteiger partial charge in [0.1, 0.15) is 6.61 Å². The van der Waals surface area contributed by atoms with Crippen molar-refractivity contribution in [2.45, 2.75) is 12.6 Å². The Kier molecular flexibility index (Phi) is 4.87. The van der Waals surface area contributed by atoms with Crippen molar-refractivity contribution in [2.24, 2.45) is 0 Å². The summed E-state index contributed by atoms with van der Waals surface area (Å²) in [6.45, 7) is -0.857. The SMILES string of the molecule is O=C(O)c1ccccc1C(=O)OOCCC(F)(F)F. The molecule has 1 aromatic rings. The van der Waals surface area contributed by atoms with Crippen LogP contribution < -0.4 is 0 Å². The Hall–Kier alpha value is -2.09. The van der Waals surface area contributed by atoms with E-state index in [1.165, 1.54) is 18.2 Å². The monoisotopic (exact) mass is 278 g/mol. The highest BCUT2D eigenvalue weighted by Crippen LogP contribution is 2.19. The summed E-state index contributed by atoms with van der Waals surface area (Å²) in [6, 6.07) is 5.11. The van der Waals surface area contributed by atoms with Crippen LogP contribution in [0.4, 0.5) is 13.2 Å². The molecule has 0 radical (unpaired) electrons. The fraction of sp³-hybridized carbons (Fsp3) is 0.273. The minimum atomic E-state index is -4.43. The summed E-state index contributed by atoms with van der Waals surface area (Å²) in [5.74, 6) is -2.52. The molecule has 0 heterocycles. The molecule has 0 aliphatic heterocycles. The first kappa shape index (κ1) is 15.0. The van der Waals surface area contributed by atoms with Gasteiger partial charge in [0.2, 0.25) is 0 Å². The van der Waals surface area contributed by atoms with E-state index in [0.717, 1.165) is 6.07 Å². The van der Waals surface area contributed by atoms with Crippen molar-refractivity contribution >= 4 is 11.9 Å². The first-order valence-corrected chi connectivity index (χ1v) is 5.04. The van der Waals surface area contributed by atoms with Gasteiger partial charge in [0, 0.05) is 0 Å². The molecule has 0 saturated carbocycles. The molecule has 0 spiro atoms. The van der Waals surface area contributed by atoms with E-state index in [1.807, 2.05) is 0 Å². The molecule has 0 unspecified atom stereocenters. The van der Waals surface area contributed by atoms with Gasteiger partial charge in [-0.15, -0.1) is 0 Å². The number of aromatic carboxylic acids is 1. The molecule has 0 saturated heterocycles. The third-order valence-electron chi connectivity index (χ3n) is 1.98. The lowest BCUT2D eigenvalue weighted by Crippen LogP contribution is -2.15. The van der Waals surface area contributed by atoms with E-state index >= 15 is 0 Å². The number of carboxylic acids is 1. The molecule has 0 aliphatic carbocycles. The maximum atomic E-state index is 11.8. The summed E-state index contributed by atoms with van der Waals surface area (Å²) in [4.78, 5) is 30.4. The van der Waals surface area contributed by atoms with Gasteiger partial charge < -0.3 is 5.11 Å². The summed E-state index contributed by atoms with van der Waals surface area (Å²) in [7, 11) is 0. The van der Waals surface area contributed by atoms with Crippen molar-refractivity contribution in [1.82, 2.24) is 0 Å². The largest absolute Gasteiger partial charge is 0.478 e. The molecule has 19 heavy (non-hydrogen) atoms. The molecular weight excluding hydrogens is 269 g/mol. The molecule has 104 valence electrons. The lowest BCUT2D eigenvalue weighted by atomic mass is 10.1. The van der Waals surface area contributed by atoms with E-state index in [2.05, 4.69) is 9.78 Å². The maximum Gasteiger partial charge on any atom is 0.391 e. The molecule has 0 bridgehead atoms. The van der Waals surface area contributed by atoms with Crippen LogP contribution in [0.15, 0.2) is 24.3 Å². The van der Waals surface area contributed by atoms with Gasteiger partial charge in [-0.3, -0.25) is 4.89 Å². The molecule has 0 atom stereocenters. The number of carbonyl (C=O) groups is 2. The van der Waals surface area contributed by atoms with Gasteiger partial charge in [-0.05, 0) is 12.1 Å². The van der Waals surface area contributed by atoms with Crippen molar-refractivity contribution in [3.63, 3.8) is 0 Å². The van der Waals surface area contributed by atoms with Crippen LogP contribution in [0.3, 0.4) is 0 Å². The molecule has 1 N–H and O–H groups in total. The second-order valence-electron chi connectivity index (χ2n) is 3.41. The molecule has 0 fully saturated rings. The summed E-state index contributed by atoms with van der Waals surface area (Å²) in [5, 5.41) is 8.80. The van der Waals surface area contributed by atoms with E-state index in [0.29, 0.717) is 0 Å². The van der Waals surface area contributed by atoms with Crippen LogP contribution in [0.2, 0.25) is 0 Å².